The van der Waals surface area contributed by atoms with E-state index in [1.165, 1.54) is 0 Å². The van der Waals surface area contributed by atoms with Gasteiger partial charge in [-0.25, -0.2) is 8.78 Å². The molecule has 0 spiro atoms. The summed E-state index contributed by atoms with van der Waals surface area (Å²) in [6.07, 6.45) is -1.24. The highest BCUT2D eigenvalue weighted by Gasteiger charge is 2.32. The number of aliphatic hydroxyl groups is 1. The maximum Gasteiger partial charge on any atom is 0.253 e. The van der Waals surface area contributed by atoms with E-state index in [1.807, 2.05) is 26.0 Å². The van der Waals surface area contributed by atoms with Crippen LogP contribution in [0.3, 0.4) is 0 Å². The number of benzene rings is 2. The van der Waals surface area contributed by atoms with Gasteiger partial charge in [0, 0.05) is 53.3 Å². The smallest absolute Gasteiger partial charge is 0.253 e. The van der Waals surface area contributed by atoms with Crippen LogP contribution in [0.15, 0.2) is 36.4 Å². The molecule has 3 aromatic rings. The third-order valence-corrected chi connectivity index (χ3v) is 5.49. The molecule has 1 amide bonds. The van der Waals surface area contributed by atoms with Gasteiger partial charge in [-0.15, -0.1) is 0 Å². The third-order valence-electron chi connectivity index (χ3n) is 5.49. The van der Waals surface area contributed by atoms with Gasteiger partial charge in [-0.1, -0.05) is 0 Å². The predicted octanol–water partition coefficient (Wildman–Crippen LogP) is 3.72. The number of nitrogens with one attached hydrogen (secondary N) is 1. The molecule has 1 saturated heterocycles. The molecule has 2 heterocycles. The number of hydrogen-bond donors (Lipinski definition) is 2. The highest BCUT2D eigenvalue weighted by molar-refractivity contribution is 5.99. The average Bonchev–Trinajstić information content (AvgIpc) is 2.95. The van der Waals surface area contributed by atoms with Gasteiger partial charge in [-0.3, -0.25) is 4.79 Å². The van der Waals surface area contributed by atoms with E-state index in [0.29, 0.717) is 18.5 Å². The maximum absolute atomic E-state index is 13.3. The second kappa shape index (κ2) is 7.48. The first-order valence-corrected chi connectivity index (χ1v) is 9.51. The van der Waals surface area contributed by atoms with Crippen LogP contribution in [0.5, 0.6) is 5.75 Å². The predicted molar refractivity (Wildman–Crippen MR) is 105 cm³/mol. The number of halogens is 2. The normalized spacial score (nSPS) is 19.6. The maximum atomic E-state index is 13.3. The number of H-pyrrole nitrogens is 1. The number of rotatable bonds is 3. The van der Waals surface area contributed by atoms with Crippen LogP contribution in [0.25, 0.3) is 10.9 Å². The number of amides is 1. The van der Waals surface area contributed by atoms with Gasteiger partial charge in [-0.2, -0.15) is 0 Å². The standard InChI is InChI=1S/C22H22F2N2O3/c1-12-13(2)25-19-4-3-14(7-18(12)19)22(28)26-6-5-21(20(27)11-26)29-17-9-15(23)8-16(24)10-17/h3-4,7-10,20-21,25,27H,5-6,11H2,1-2H3/t20-,21-/m1/s1. The van der Waals surface area contributed by atoms with E-state index in [1.54, 1.807) is 11.0 Å². The molecule has 2 atom stereocenters. The summed E-state index contributed by atoms with van der Waals surface area (Å²) in [6.45, 7) is 4.46. The Labute approximate surface area is 166 Å². The fourth-order valence-corrected chi connectivity index (χ4v) is 3.78. The molecule has 0 saturated carbocycles. The highest BCUT2D eigenvalue weighted by Crippen LogP contribution is 2.25. The molecule has 1 aliphatic heterocycles. The van der Waals surface area contributed by atoms with Gasteiger partial charge in [0.25, 0.3) is 5.91 Å². The number of fused-ring (bicyclic) bond motifs is 1. The molecule has 1 fully saturated rings. The summed E-state index contributed by atoms with van der Waals surface area (Å²) in [6, 6.07) is 8.42. The Morgan fingerprint density at radius 3 is 2.59 bits per heavy atom. The summed E-state index contributed by atoms with van der Waals surface area (Å²) in [5.74, 6) is -1.63. The van der Waals surface area contributed by atoms with Crippen LogP contribution in [-0.2, 0) is 0 Å². The number of aromatic nitrogens is 1. The lowest BCUT2D eigenvalue weighted by Gasteiger charge is -2.36. The molecule has 1 aromatic heterocycles. The van der Waals surface area contributed by atoms with Crippen molar-refractivity contribution in [2.75, 3.05) is 13.1 Å². The van der Waals surface area contributed by atoms with Crippen molar-refractivity contribution in [2.45, 2.75) is 32.5 Å². The number of aliphatic hydroxyl groups excluding tert-OH is 1. The SMILES string of the molecule is Cc1[nH]c2ccc(C(=O)N3CC[C@@H](Oc4cc(F)cc(F)c4)[C@H](O)C3)cc2c1C. The van der Waals surface area contributed by atoms with E-state index in [-0.39, 0.29) is 18.2 Å². The number of hydrogen-bond acceptors (Lipinski definition) is 3. The third kappa shape index (κ3) is 3.82. The molecule has 0 radical (unpaired) electrons. The number of aryl methyl sites for hydroxylation is 2. The van der Waals surface area contributed by atoms with Crippen LogP contribution in [-0.4, -0.2) is 46.2 Å². The number of likely N-dealkylation sites (tertiary alicyclic amines) is 1. The Morgan fingerprint density at radius 1 is 1.17 bits per heavy atom. The van der Waals surface area contributed by atoms with Crippen molar-refractivity contribution in [3.8, 4) is 5.75 Å². The minimum absolute atomic E-state index is 0.0232. The lowest BCUT2D eigenvalue weighted by molar-refractivity contribution is -0.0200. The summed E-state index contributed by atoms with van der Waals surface area (Å²) < 4.78 is 32.2. The van der Waals surface area contributed by atoms with Crippen LogP contribution in [0, 0.1) is 25.5 Å². The van der Waals surface area contributed by atoms with Gasteiger partial charge in [0.15, 0.2) is 0 Å². The fraction of sp³-hybridized carbons (Fsp3) is 0.318. The van der Waals surface area contributed by atoms with Gasteiger partial charge in [0.1, 0.15) is 29.6 Å². The molecule has 29 heavy (non-hydrogen) atoms. The van der Waals surface area contributed by atoms with Crippen LogP contribution >= 0.6 is 0 Å². The monoisotopic (exact) mass is 400 g/mol. The molecule has 152 valence electrons. The molecular weight excluding hydrogens is 378 g/mol. The summed E-state index contributed by atoms with van der Waals surface area (Å²) in [7, 11) is 0. The van der Waals surface area contributed by atoms with Crippen molar-refractivity contribution >= 4 is 16.8 Å². The first kappa shape index (κ1) is 19.4. The Balaban J connectivity index is 1.46. The quantitative estimate of drug-likeness (QED) is 0.704. The lowest BCUT2D eigenvalue weighted by atomic mass is 10.0. The van der Waals surface area contributed by atoms with Crippen molar-refractivity contribution in [1.82, 2.24) is 9.88 Å². The zero-order chi connectivity index (χ0) is 20.7. The Morgan fingerprint density at radius 2 is 1.90 bits per heavy atom. The molecule has 1 aliphatic rings. The Hall–Kier alpha value is -2.93. The average molecular weight is 400 g/mol. The molecule has 7 heteroatoms. The largest absolute Gasteiger partial charge is 0.487 e. The van der Waals surface area contributed by atoms with Crippen LogP contribution < -0.4 is 4.74 Å². The van der Waals surface area contributed by atoms with E-state index in [2.05, 4.69) is 4.98 Å². The summed E-state index contributed by atoms with van der Waals surface area (Å²) in [5, 5.41) is 11.4. The Kier molecular flexibility index (Phi) is 5.00. The molecule has 4 rings (SSSR count). The van der Waals surface area contributed by atoms with E-state index in [4.69, 9.17) is 4.74 Å². The number of nitrogens with zero attached hydrogens (tertiary/aromatic N) is 1. The molecular formula is C22H22F2N2O3. The van der Waals surface area contributed by atoms with Crippen molar-refractivity contribution in [2.24, 2.45) is 0 Å². The Bertz CT molecular complexity index is 1060. The van der Waals surface area contributed by atoms with Crippen LogP contribution in [0.4, 0.5) is 8.78 Å². The molecule has 2 N–H and O–H groups in total. The van der Waals surface area contributed by atoms with E-state index < -0.39 is 23.8 Å². The first-order chi connectivity index (χ1) is 13.8. The number of carbonyl (C=O) groups is 1. The van der Waals surface area contributed by atoms with E-state index in [9.17, 15) is 18.7 Å². The zero-order valence-electron chi connectivity index (χ0n) is 16.2. The van der Waals surface area contributed by atoms with Crippen molar-refractivity contribution in [3.05, 3.63) is 64.9 Å². The molecule has 0 unspecified atom stereocenters. The number of ether oxygens (including phenoxy) is 1. The molecule has 0 bridgehead atoms. The van der Waals surface area contributed by atoms with E-state index in [0.717, 1.165) is 40.4 Å². The first-order valence-electron chi connectivity index (χ1n) is 9.51. The van der Waals surface area contributed by atoms with Crippen LogP contribution in [0.2, 0.25) is 0 Å². The second-order valence-corrected chi connectivity index (χ2v) is 7.50. The van der Waals surface area contributed by atoms with Gasteiger partial charge >= 0.3 is 0 Å². The summed E-state index contributed by atoms with van der Waals surface area (Å²) >= 11 is 0. The van der Waals surface area contributed by atoms with Gasteiger partial charge < -0.3 is 19.7 Å². The highest BCUT2D eigenvalue weighted by atomic mass is 19.1. The molecule has 5 nitrogen and oxygen atoms in total. The van der Waals surface area contributed by atoms with Crippen molar-refractivity contribution in [3.63, 3.8) is 0 Å². The van der Waals surface area contributed by atoms with Gasteiger partial charge in [0.05, 0.1) is 6.54 Å². The number of β-amino-alcohol motifs (C(OH)–C–C–N with tert-alkyl or cyclic N) is 1. The van der Waals surface area contributed by atoms with Crippen molar-refractivity contribution in [1.29, 1.82) is 0 Å². The zero-order valence-corrected chi connectivity index (χ0v) is 16.2. The second-order valence-electron chi connectivity index (χ2n) is 7.50. The van der Waals surface area contributed by atoms with E-state index >= 15 is 0 Å². The fourth-order valence-electron chi connectivity index (χ4n) is 3.78. The van der Waals surface area contributed by atoms with Gasteiger partial charge in [0.2, 0.25) is 0 Å². The van der Waals surface area contributed by atoms with Crippen LogP contribution in [0.1, 0.15) is 28.0 Å². The van der Waals surface area contributed by atoms with Gasteiger partial charge in [-0.05, 0) is 37.6 Å². The lowest BCUT2D eigenvalue weighted by Crippen LogP contribution is -2.51. The summed E-state index contributed by atoms with van der Waals surface area (Å²) in [4.78, 5) is 17.8. The topological polar surface area (TPSA) is 65.6 Å². The van der Waals surface area contributed by atoms with Crippen molar-refractivity contribution < 1.29 is 23.4 Å². The minimum atomic E-state index is -0.959. The minimum Gasteiger partial charge on any atom is -0.487 e. The molecule has 2 aromatic carbocycles. The number of aromatic amines is 1. The summed E-state index contributed by atoms with van der Waals surface area (Å²) in [5.41, 5.74) is 3.69. The molecule has 0 aliphatic carbocycles. The number of piperidine rings is 1. The number of carbonyl (C=O) groups excluding carboxylic acids is 1.